The molecular weight excluding hydrogens is 216 g/mol. The maximum atomic E-state index is 12.1. The minimum atomic E-state index is -0.554. The van der Waals surface area contributed by atoms with Crippen LogP contribution >= 0.6 is 0 Å². The van der Waals surface area contributed by atoms with Crippen molar-refractivity contribution in [1.82, 2.24) is 0 Å². The van der Waals surface area contributed by atoms with Crippen molar-refractivity contribution in [3.05, 3.63) is 24.0 Å². The Kier molecular flexibility index (Phi) is 3.18. The number of rotatable bonds is 3. The second-order valence-electron chi connectivity index (χ2n) is 5.31. The van der Waals surface area contributed by atoms with Crippen LogP contribution in [0.4, 0.5) is 0 Å². The van der Waals surface area contributed by atoms with Gasteiger partial charge in [0.25, 0.3) is 0 Å². The lowest BCUT2D eigenvalue weighted by Crippen LogP contribution is -2.30. The molecule has 2 rings (SSSR count). The lowest BCUT2D eigenvalue weighted by Gasteiger charge is -2.28. The predicted molar refractivity (Wildman–Crippen MR) is 64.3 cm³/mol. The number of allylic oxidation sites excluding steroid dienone is 4. The zero-order valence-electron chi connectivity index (χ0n) is 10.4. The summed E-state index contributed by atoms with van der Waals surface area (Å²) in [5.74, 6) is 1.29. The molecule has 3 heteroatoms. The van der Waals surface area contributed by atoms with Gasteiger partial charge in [0.1, 0.15) is 0 Å². The van der Waals surface area contributed by atoms with Crippen LogP contribution in [0.2, 0.25) is 0 Å². The highest BCUT2D eigenvalue weighted by Gasteiger charge is 2.42. The van der Waals surface area contributed by atoms with E-state index in [4.69, 9.17) is 4.74 Å². The number of ketones is 2. The molecule has 1 unspecified atom stereocenters. The summed E-state index contributed by atoms with van der Waals surface area (Å²) in [6.45, 7) is 4.79. The Labute approximate surface area is 102 Å². The molecule has 0 aromatic carbocycles. The first-order valence-corrected chi connectivity index (χ1v) is 6.12. The molecule has 0 bridgehead atoms. The second-order valence-corrected chi connectivity index (χ2v) is 5.31. The van der Waals surface area contributed by atoms with Gasteiger partial charge in [0.2, 0.25) is 0 Å². The van der Waals surface area contributed by atoms with E-state index in [-0.39, 0.29) is 11.6 Å². The topological polar surface area (TPSA) is 43.4 Å². The van der Waals surface area contributed by atoms with Crippen LogP contribution in [0.5, 0.6) is 0 Å². The standard InChI is InChI=1S/C14H18O3/c1-10(2)9-17-12-4-6-14(13(16)7-12)5-3-11(15)8-14/h3,5,7,10H,4,6,8-9H2,1-2H3. The van der Waals surface area contributed by atoms with Crippen LogP contribution in [-0.4, -0.2) is 18.2 Å². The summed E-state index contributed by atoms with van der Waals surface area (Å²) in [5, 5.41) is 0. The zero-order chi connectivity index (χ0) is 12.5. The van der Waals surface area contributed by atoms with E-state index in [0.717, 1.165) is 12.2 Å². The lowest BCUT2D eigenvalue weighted by molar-refractivity contribution is -0.126. The Morgan fingerprint density at radius 1 is 1.41 bits per heavy atom. The molecule has 0 heterocycles. The number of hydrogen-bond acceptors (Lipinski definition) is 3. The molecule has 0 N–H and O–H groups in total. The first kappa shape index (κ1) is 12.1. The quantitative estimate of drug-likeness (QED) is 0.753. The number of hydrogen-bond donors (Lipinski definition) is 0. The van der Waals surface area contributed by atoms with Crippen molar-refractivity contribution in [2.24, 2.45) is 11.3 Å². The second kappa shape index (κ2) is 4.47. The maximum absolute atomic E-state index is 12.1. The minimum Gasteiger partial charge on any atom is -0.498 e. The number of carbonyl (C=O) groups is 2. The fraction of sp³-hybridized carbons (Fsp3) is 0.571. The molecule has 1 atom stereocenters. The Morgan fingerprint density at radius 3 is 2.71 bits per heavy atom. The molecule has 0 aliphatic heterocycles. The highest BCUT2D eigenvalue weighted by Crippen LogP contribution is 2.40. The fourth-order valence-electron chi connectivity index (χ4n) is 2.24. The third-order valence-electron chi connectivity index (χ3n) is 3.28. The van der Waals surface area contributed by atoms with Gasteiger partial charge in [0, 0.05) is 18.9 Å². The average Bonchev–Trinajstić information content (AvgIpc) is 2.64. The average molecular weight is 234 g/mol. The van der Waals surface area contributed by atoms with Crippen molar-refractivity contribution in [3.8, 4) is 0 Å². The molecule has 17 heavy (non-hydrogen) atoms. The summed E-state index contributed by atoms with van der Waals surface area (Å²) in [7, 11) is 0. The Bertz CT molecular complexity index is 404. The predicted octanol–water partition coefficient (Wildman–Crippen LogP) is 2.42. The van der Waals surface area contributed by atoms with E-state index in [1.165, 1.54) is 6.08 Å². The number of ether oxygens (including phenoxy) is 1. The molecule has 0 saturated carbocycles. The van der Waals surface area contributed by atoms with Crippen molar-refractivity contribution < 1.29 is 14.3 Å². The third-order valence-corrected chi connectivity index (χ3v) is 3.28. The van der Waals surface area contributed by atoms with E-state index in [1.807, 2.05) is 0 Å². The van der Waals surface area contributed by atoms with Gasteiger partial charge >= 0.3 is 0 Å². The van der Waals surface area contributed by atoms with Gasteiger partial charge in [0.05, 0.1) is 17.8 Å². The molecule has 0 amide bonds. The molecule has 2 aliphatic carbocycles. The minimum absolute atomic E-state index is 0.0182. The third kappa shape index (κ3) is 2.48. The van der Waals surface area contributed by atoms with Gasteiger partial charge in [-0.1, -0.05) is 19.9 Å². The molecule has 0 aromatic heterocycles. The number of carbonyl (C=O) groups excluding carboxylic acids is 2. The van der Waals surface area contributed by atoms with E-state index in [9.17, 15) is 9.59 Å². The van der Waals surface area contributed by atoms with Crippen LogP contribution in [0.3, 0.4) is 0 Å². The van der Waals surface area contributed by atoms with Crippen LogP contribution in [0.1, 0.15) is 33.1 Å². The summed E-state index contributed by atoms with van der Waals surface area (Å²) in [4.78, 5) is 23.3. The summed E-state index contributed by atoms with van der Waals surface area (Å²) in [5.41, 5.74) is -0.554. The van der Waals surface area contributed by atoms with Crippen LogP contribution in [-0.2, 0) is 14.3 Å². The molecular formula is C14H18O3. The SMILES string of the molecule is CC(C)COC1=CC(=O)C2(C=CC(=O)C2)CC1. The lowest BCUT2D eigenvalue weighted by atomic mass is 9.75. The van der Waals surface area contributed by atoms with Crippen LogP contribution in [0.15, 0.2) is 24.0 Å². The molecule has 0 fully saturated rings. The molecule has 0 radical (unpaired) electrons. The molecule has 92 valence electrons. The fourth-order valence-corrected chi connectivity index (χ4v) is 2.24. The van der Waals surface area contributed by atoms with Crippen molar-refractivity contribution >= 4 is 11.6 Å². The molecule has 0 saturated heterocycles. The summed E-state index contributed by atoms with van der Waals surface area (Å²) in [6, 6.07) is 0. The van der Waals surface area contributed by atoms with Gasteiger partial charge in [0.15, 0.2) is 11.6 Å². The summed E-state index contributed by atoms with van der Waals surface area (Å²) < 4.78 is 5.58. The molecule has 0 aromatic rings. The molecule has 1 spiro atoms. The first-order valence-electron chi connectivity index (χ1n) is 6.12. The Hall–Kier alpha value is -1.38. The van der Waals surface area contributed by atoms with Crippen molar-refractivity contribution in [2.45, 2.75) is 33.1 Å². The van der Waals surface area contributed by atoms with Crippen LogP contribution in [0.25, 0.3) is 0 Å². The summed E-state index contributed by atoms with van der Waals surface area (Å²) in [6.07, 6.45) is 6.65. The van der Waals surface area contributed by atoms with Crippen molar-refractivity contribution in [2.75, 3.05) is 6.61 Å². The van der Waals surface area contributed by atoms with E-state index >= 15 is 0 Å². The maximum Gasteiger partial charge on any atom is 0.169 e. The van der Waals surface area contributed by atoms with Gasteiger partial charge in [-0.2, -0.15) is 0 Å². The van der Waals surface area contributed by atoms with Gasteiger partial charge in [-0.15, -0.1) is 0 Å². The molecule has 2 aliphatic rings. The monoisotopic (exact) mass is 234 g/mol. The zero-order valence-corrected chi connectivity index (χ0v) is 10.4. The normalized spacial score (nSPS) is 28.1. The largest absolute Gasteiger partial charge is 0.498 e. The van der Waals surface area contributed by atoms with Gasteiger partial charge < -0.3 is 4.74 Å². The highest BCUT2D eigenvalue weighted by atomic mass is 16.5. The van der Waals surface area contributed by atoms with Crippen molar-refractivity contribution in [3.63, 3.8) is 0 Å². The van der Waals surface area contributed by atoms with E-state index in [2.05, 4.69) is 13.8 Å². The smallest absolute Gasteiger partial charge is 0.169 e. The highest BCUT2D eigenvalue weighted by molar-refractivity contribution is 6.06. The molecule has 3 nitrogen and oxygen atoms in total. The summed E-state index contributed by atoms with van der Waals surface area (Å²) >= 11 is 0. The van der Waals surface area contributed by atoms with Crippen LogP contribution < -0.4 is 0 Å². The van der Waals surface area contributed by atoms with Crippen molar-refractivity contribution in [1.29, 1.82) is 0 Å². The van der Waals surface area contributed by atoms with Gasteiger partial charge in [-0.05, 0) is 18.4 Å². The first-order chi connectivity index (χ1) is 8.02. The van der Waals surface area contributed by atoms with Gasteiger partial charge in [-0.25, -0.2) is 0 Å². The van der Waals surface area contributed by atoms with E-state index < -0.39 is 5.41 Å². The van der Waals surface area contributed by atoms with Crippen LogP contribution in [0, 0.1) is 11.3 Å². The Morgan fingerprint density at radius 2 is 2.18 bits per heavy atom. The van der Waals surface area contributed by atoms with E-state index in [1.54, 1.807) is 12.2 Å². The Balaban J connectivity index is 2.04. The van der Waals surface area contributed by atoms with E-state index in [0.29, 0.717) is 25.4 Å². The van der Waals surface area contributed by atoms with Gasteiger partial charge in [-0.3, -0.25) is 9.59 Å².